The van der Waals surface area contributed by atoms with Gasteiger partial charge in [-0.25, -0.2) is 10.8 Å². The summed E-state index contributed by atoms with van der Waals surface area (Å²) in [5.74, 6) is 6.44. The fourth-order valence-electron chi connectivity index (χ4n) is 1.10. The van der Waals surface area contributed by atoms with E-state index in [4.69, 9.17) is 10.6 Å². The average molecular weight is 194 g/mol. The predicted octanol–water partition coefficient (Wildman–Crippen LogP) is 0.320. The van der Waals surface area contributed by atoms with E-state index in [1.807, 2.05) is 13.0 Å². The Hall–Kier alpha value is -1.62. The van der Waals surface area contributed by atoms with Gasteiger partial charge in [0.05, 0.1) is 12.7 Å². The van der Waals surface area contributed by atoms with Gasteiger partial charge >= 0.3 is 0 Å². The molecule has 1 aromatic heterocycles. The third-order valence-corrected chi connectivity index (χ3v) is 1.67. The lowest BCUT2D eigenvalue weighted by atomic mass is 10.2. The SMILES string of the molecule is CCN=C(NN)c1cccnc1OC. The van der Waals surface area contributed by atoms with E-state index < -0.39 is 0 Å². The number of hydrazine groups is 1. The molecule has 0 aliphatic rings. The first-order valence-electron chi connectivity index (χ1n) is 4.34. The van der Waals surface area contributed by atoms with E-state index in [1.54, 1.807) is 19.4 Å². The fourth-order valence-corrected chi connectivity index (χ4v) is 1.10. The van der Waals surface area contributed by atoms with Gasteiger partial charge in [0.15, 0.2) is 0 Å². The Kier molecular flexibility index (Phi) is 3.87. The molecule has 0 fully saturated rings. The minimum absolute atomic E-state index is 0.512. The number of hydrogen-bond donors (Lipinski definition) is 2. The van der Waals surface area contributed by atoms with Crippen molar-refractivity contribution in [1.29, 1.82) is 0 Å². The normalized spacial score (nSPS) is 11.2. The maximum atomic E-state index is 5.35. The lowest BCUT2D eigenvalue weighted by molar-refractivity contribution is 0.396. The molecule has 0 unspecified atom stereocenters. The third kappa shape index (κ3) is 2.20. The van der Waals surface area contributed by atoms with E-state index in [1.165, 1.54) is 0 Å². The quantitative estimate of drug-likeness (QED) is 0.314. The van der Waals surface area contributed by atoms with Gasteiger partial charge in [-0.2, -0.15) is 0 Å². The van der Waals surface area contributed by atoms with Gasteiger partial charge in [-0.1, -0.05) is 0 Å². The van der Waals surface area contributed by atoms with Crippen LogP contribution in [0.1, 0.15) is 12.5 Å². The molecule has 0 saturated heterocycles. The number of aromatic nitrogens is 1. The zero-order valence-electron chi connectivity index (χ0n) is 8.32. The predicted molar refractivity (Wildman–Crippen MR) is 55.2 cm³/mol. The summed E-state index contributed by atoms with van der Waals surface area (Å²) in [6.45, 7) is 2.58. The first-order chi connectivity index (χ1) is 6.83. The molecule has 0 aliphatic carbocycles. The maximum Gasteiger partial charge on any atom is 0.224 e. The van der Waals surface area contributed by atoms with Crippen LogP contribution in [0.25, 0.3) is 0 Å². The molecule has 3 N–H and O–H groups in total. The molecule has 5 heteroatoms. The van der Waals surface area contributed by atoms with E-state index in [2.05, 4.69) is 15.4 Å². The highest BCUT2D eigenvalue weighted by atomic mass is 16.5. The second kappa shape index (κ2) is 5.18. The van der Waals surface area contributed by atoms with Crippen molar-refractivity contribution in [3.63, 3.8) is 0 Å². The number of aliphatic imine (C=N–C) groups is 1. The molecule has 0 amide bonds. The van der Waals surface area contributed by atoms with E-state index in [0.29, 0.717) is 18.3 Å². The highest BCUT2D eigenvalue weighted by Crippen LogP contribution is 2.13. The van der Waals surface area contributed by atoms with Crippen molar-refractivity contribution in [2.45, 2.75) is 6.92 Å². The first-order valence-corrected chi connectivity index (χ1v) is 4.34. The van der Waals surface area contributed by atoms with Gasteiger partial charge in [-0.3, -0.25) is 4.99 Å². The number of amidine groups is 1. The smallest absolute Gasteiger partial charge is 0.224 e. The van der Waals surface area contributed by atoms with Crippen LogP contribution in [0.5, 0.6) is 5.88 Å². The van der Waals surface area contributed by atoms with Crippen LogP contribution in [-0.4, -0.2) is 24.5 Å². The van der Waals surface area contributed by atoms with Crippen LogP contribution in [0.15, 0.2) is 23.3 Å². The summed E-state index contributed by atoms with van der Waals surface area (Å²) in [6, 6.07) is 3.65. The zero-order valence-corrected chi connectivity index (χ0v) is 8.32. The number of ether oxygens (including phenoxy) is 1. The van der Waals surface area contributed by atoms with E-state index in [9.17, 15) is 0 Å². The molecule has 14 heavy (non-hydrogen) atoms. The van der Waals surface area contributed by atoms with Gasteiger partial charge < -0.3 is 10.2 Å². The van der Waals surface area contributed by atoms with E-state index in [0.717, 1.165) is 5.56 Å². The highest BCUT2D eigenvalue weighted by Gasteiger charge is 2.08. The number of rotatable bonds is 3. The Morgan fingerprint density at radius 1 is 1.71 bits per heavy atom. The summed E-state index contributed by atoms with van der Waals surface area (Å²) >= 11 is 0. The van der Waals surface area contributed by atoms with Crippen molar-refractivity contribution in [1.82, 2.24) is 10.4 Å². The Morgan fingerprint density at radius 3 is 3.07 bits per heavy atom. The van der Waals surface area contributed by atoms with Crippen LogP contribution in [-0.2, 0) is 0 Å². The molecule has 0 bridgehead atoms. The topological polar surface area (TPSA) is 72.5 Å². The largest absolute Gasteiger partial charge is 0.480 e. The molecule has 5 nitrogen and oxygen atoms in total. The summed E-state index contributed by atoms with van der Waals surface area (Å²) in [7, 11) is 1.56. The monoisotopic (exact) mass is 194 g/mol. The number of nitrogens with zero attached hydrogens (tertiary/aromatic N) is 2. The fraction of sp³-hybridized carbons (Fsp3) is 0.333. The molecule has 76 valence electrons. The van der Waals surface area contributed by atoms with Gasteiger partial charge in [0, 0.05) is 12.7 Å². The van der Waals surface area contributed by atoms with Crippen molar-refractivity contribution in [2.75, 3.05) is 13.7 Å². The second-order valence-electron chi connectivity index (χ2n) is 2.53. The molecule has 0 spiro atoms. The van der Waals surface area contributed by atoms with E-state index in [-0.39, 0.29) is 0 Å². The molecule has 1 rings (SSSR count). The Morgan fingerprint density at radius 2 is 2.50 bits per heavy atom. The van der Waals surface area contributed by atoms with Crippen molar-refractivity contribution in [3.8, 4) is 5.88 Å². The number of nitrogens with two attached hydrogens (primary N) is 1. The summed E-state index contributed by atoms with van der Waals surface area (Å²) < 4.78 is 5.09. The summed E-state index contributed by atoms with van der Waals surface area (Å²) in [6.07, 6.45) is 1.66. The molecule has 0 saturated carbocycles. The molecule has 0 atom stereocenters. The molecule has 1 heterocycles. The highest BCUT2D eigenvalue weighted by molar-refractivity contribution is 6.00. The van der Waals surface area contributed by atoms with Crippen LogP contribution >= 0.6 is 0 Å². The Bertz CT molecular complexity index is 324. The molecule has 0 radical (unpaired) electrons. The van der Waals surface area contributed by atoms with Crippen molar-refractivity contribution < 1.29 is 4.74 Å². The maximum absolute atomic E-state index is 5.35. The summed E-state index contributed by atoms with van der Waals surface area (Å²) in [4.78, 5) is 8.23. The summed E-state index contributed by atoms with van der Waals surface area (Å²) in [5.41, 5.74) is 3.29. The average Bonchev–Trinajstić information content (AvgIpc) is 2.26. The van der Waals surface area contributed by atoms with Gasteiger partial charge in [0.1, 0.15) is 5.84 Å². The molecular weight excluding hydrogens is 180 g/mol. The minimum atomic E-state index is 0.512. The van der Waals surface area contributed by atoms with Crippen LogP contribution in [0.2, 0.25) is 0 Å². The lowest BCUT2D eigenvalue weighted by Crippen LogP contribution is -2.31. The zero-order chi connectivity index (χ0) is 10.4. The Labute approximate surface area is 83.0 Å². The lowest BCUT2D eigenvalue weighted by Gasteiger charge is -2.08. The number of methoxy groups -OCH3 is 1. The van der Waals surface area contributed by atoms with Crippen LogP contribution in [0.4, 0.5) is 0 Å². The van der Waals surface area contributed by atoms with Crippen molar-refractivity contribution >= 4 is 5.84 Å². The number of nitrogens with one attached hydrogen (secondary N) is 1. The third-order valence-electron chi connectivity index (χ3n) is 1.67. The van der Waals surface area contributed by atoms with Crippen LogP contribution < -0.4 is 16.0 Å². The van der Waals surface area contributed by atoms with Gasteiger partial charge in [0.2, 0.25) is 5.88 Å². The summed E-state index contributed by atoms with van der Waals surface area (Å²) in [5, 5.41) is 0. The van der Waals surface area contributed by atoms with Crippen LogP contribution in [0, 0.1) is 0 Å². The minimum Gasteiger partial charge on any atom is -0.480 e. The van der Waals surface area contributed by atoms with Crippen molar-refractivity contribution in [2.24, 2.45) is 10.8 Å². The van der Waals surface area contributed by atoms with Gasteiger partial charge in [-0.05, 0) is 19.1 Å². The standard InChI is InChI=1S/C9H14N4O/c1-3-11-8(13-10)7-5-4-6-12-9(7)14-2/h4-6H,3,10H2,1-2H3,(H,11,13). The molecule has 1 aromatic rings. The molecule has 0 aromatic carbocycles. The number of pyridine rings is 1. The number of hydrogen-bond acceptors (Lipinski definition) is 4. The molecule has 0 aliphatic heterocycles. The van der Waals surface area contributed by atoms with Crippen LogP contribution in [0.3, 0.4) is 0 Å². The first kappa shape index (κ1) is 10.5. The van der Waals surface area contributed by atoms with E-state index >= 15 is 0 Å². The van der Waals surface area contributed by atoms with Gasteiger partial charge in [0.25, 0.3) is 0 Å². The Balaban J connectivity index is 3.09. The van der Waals surface area contributed by atoms with Crippen molar-refractivity contribution in [3.05, 3.63) is 23.9 Å². The second-order valence-corrected chi connectivity index (χ2v) is 2.53. The van der Waals surface area contributed by atoms with Gasteiger partial charge in [-0.15, -0.1) is 0 Å². The molecular formula is C9H14N4O.